The zero-order valence-electron chi connectivity index (χ0n) is 10.0. The number of hydrogen-bond acceptors (Lipinski definition) is 3. The molecule has 0 bridgehead atoms. The molecule has 0 aliphatic carbocycles. The number of benzene rings is 1. The highest BCUT2D eigenvalue weighted by molar-refractivity contribution is 9.10. The Morgan fingerprint density at radius 3 is 2.63 bits per heavy atom. The Kier molecular flexibility index (Phi) is 4.65. The van der Waals surface area contributed by atoms with Gasteiger partial charge in [-0.15, -0.1) is 0 Å². The minimum Gasteiger partial charge on any atom is -0.477 e. The Morgan fingerprint density at radius 2 is 1.95 bits per heavy atom. The van der Waals surface area contributed by atoms with Crippen molar-refractivity contribution in [3.8, 4) is 0 Å². The summed E-state index contributed by atoms with van der Waals surface area (Å²) in [5, 5.41) is 8.99. The van der Waals surface area contributed by atoms with Crippen LogP contribution in [0.5, 0.6) is 0 Å². The van der Waals surface area contributed by atoms with E-state index in [1.165, 1.54) is 6.20 Å². The van der Waals surface area contributed by atoms with Crippen molar-refractivity contribution in [2.24, 2.45) is 0 Å². The minimum absolute atomic E-state index is 0.0401. The quantitative estimate of drug-likeness (QED) is 0.918. The molecule has 1 aromatic heterocycles. The van der Waals surface area contributed by atoms with Gasteiger partial charge in [0.1, 0.15) is 0 Å². The number of aromatic nitrogens is 1. The average Bonchev–Trinajstić information content (AvgIpc) is 2.41. The molecule has 0 unspecified atom stereocenters. The van der Waals surface area contributed by atoms with E-state index in [1.54, 1.807) is 12.1 Å². The van der Waals surface area contributed by atoms with Crippen molar-refractivity contribution in [3.63, 3.8) is 0 Å². The van der Waals surface area contributed by atoms with Crippen LogP contribution in [0, 0.1) is 0 Å². The smallest absolute Gasteiger partial charge is 0.354 e. The van der Waals surface area contributed by atoms with E-state index in [2.05, 4.69) is 20.9 Å². The summed E-state index contributed by atoms with van der Waals surface area (Å²) in [6.07, 6.45) is 1.46. The topological polar surface area (TPSA) is 59.4 Å². The summed E-state index contributed by atoms with van der Waals surface area (Å²) < 4.78 is 6.53. The van der Waals surface area contributed by atoms with E-state index in [4.69, 9.17) is 9.84 Å². The molecule has 1 heterocycles. The van der Waals surface area contributed by atoms with Crippen molar-refractivity contribution in [3.05, 3.63) is 63.9 Å². The van der Waals surface area contributed by atoms with Crippen molar-refractivity contribution < 1.29 is 14.6 Å². The Hall–Kier alpha value is -1.72. The third-order valence-electron chi connectivity index (χ3n) is 2.53. The second-order valence-electron chi connectivity index (χ2n) is 3.94. The normalized spacial score (nSPS) is 10.4. The van der Waals surface area contributed by atoms with Gasteiger partial charge in [-0.2, -0.15) is 0 Å². The molecule has 0 amide bonds. The predicted octanol–water partition coefficient (Wildman–Crippen LogP) is 3.26. The van der Waals surface area contributed by atoms with Gasteiger partial charge in [-0.1, -0.05) is 34.1 Å². The second-order valence-corrected chi connectivity index (χ2v) is 4.85. The van der Waals surface area contributed by atoms with Crippen LogP contribution in [0.15, 0.2) is 47.1 Å². The van der Waals surface area contributed by atoms with Gasteiger partial charge in [-0.3, -0.25) is 0 Å². The lowest BCUT2D eigenvalue weighted by Crippen LogP contribution is -2.06. The zero-order valence-corrected chi connectivity index (χ0v) is 11.6. The molecule has 0 fully saturated rings. The lowest BCUT2D eigenvalue weighted by Gasteiger charge is -2.06. The molecule has 0 radical (unpaired) electrons. The van der Waals surface area contributed by atoms with Gasteiger partial charge in [0.25, 0.3) is 0 Å². The number of halogens is 1. The number of aromatic carboxylic acids is 1. The molecule has 0 saturated heterocycles. The Labute approximate surface area is 119 Å². The Morgan fingerprint density at radius 1 is 1.21 bits per heavy atom. The molecule has 0 saturated carbocycles. The second kappa shape index (κ2) is 6.45. The number of ether oxygens (including phenoxy) is 1. The van der Waals surface area contributed by atoms with Crippen molar-refractivity contribution >= 4 is 21.9 Å². The van der Waals surface area contributed by atoms with Gasteiger partial charge < -0.3 is 9.84 Å². The van der Waals surface area contributed by atoms with Gasteiger partial charge in [0.2, 0.25) is 0 Å². The van der Waals surface area contributed by atoms with Gasteiger partial charge in [0.05, 0.1) is 13.2 Å². The molecule has 0 aliphatic heterocycles. The maximum absolute atomic E-state index is 11.0. The molecule has 2 aromatic rings. The van der Waals surface area contributed by atoms with Gasteiger partial charge in [-0.25, -0.2) is 9.78 Å². The lowest BCUT2D eigenvalue weighted by molar-refractivity contribution is 0.0676. The highest BCUT2D eigenvalue weighted by Gasteiger charge is 2.10. The molecule has 0 atom stereocenters. The predicted molar refractivity (Wildman–Crippen MR) is 73.8 cm³/mol. The third kappa shape index (κ3) is 3.87. The summed E-state index contributed by atoms with van der Waals surface area (Å²) in [6.45, 7) is 0.659. The van der Waals surface area contributed by atoms with Crippen LogP contribution < -0.4 is 0 Å². The van der Waals surface area contributed by atoms with E-state index in [0.29, 0.717) is 12.2 Å². The van der Waals surface area contributed by atoms with Crippen LogP contribution in [0.4, 0.5) is 0 Å². The molecule has 2 rings (SSSR count). The van der Waals surface area contributed by atoms with Crippen LogP contribution in [0.25, 0.3) is 0 Å². The number of hydrogen-bond donors (Lipinski definition) is 1. The van der Waals surface area contributed by atoms with Crippen molar-refractivity contribution in [2.45, 2.75) is 13.2 Å². The number of rotatable bonds is 5. The van der Waals surface area contributed by atoms with Crippen molar-refractivity contribution in [1.82, 2.24) is 4.98 Å². The number of nitrogens with zero attached hydrogens (tertiary/aromatic N) is 1. The molecule has 98 valence electrons. The first-order valence-corrected chi connectivity index (χ1v) is 6.45. The summed E-state index contributed by atoms with van der Waals surface area (Å²) in [6, 6.07) is 11.2. The molecule has 1 N–H and O–H groups in total. The number of pyridine rings is 1. The minimum atomic E-state index is -1.04. The fraction of sp³-hybridized carbons (Fsp3) is 0.143. The molecule has 1 aromatic carbocycles. The van der Waals surface area contributed by atoms with Crippen LogP contribution in [0.1, 0.15) is 21.6 Å². The first-order valence-electron chi connectivity index (χ1n) is 5.66. The number of carboxylic acid groups (broad SMARTS) is 1. The van der Waals surface area contributed by atoms with Gasteiger partial charge >= 0.3 is 5.97 Å². The van der Waals surface area contributed by atoms with Crippen LogP contribution in [-0.4, -0.2) is 16.1 Å². The summed E-state index contributed by atoms with van der Waals surface area (Å²) in [7, 11) is 0. The van der Waals surface area contributed by atoms with Gasteiger partial charge in [0, 0.05) is 16.2 Å². The van der Waals surface area contributed by atoms with E-state index in [-0.39, 0.29) is 12.3 Å². The van der Waals surface area contributed by atoms with Gasteiger partial charge in [0.15, 0.2) is 5.69 Å². The molecule has 0 aliphatic rings. The highest BCUT2D eigenvalue weighted by atomic mass is 79.9. The summed E-state index contributed by atoms with van der Waals surface area (Å²) in [5.74, 6) is -1.04. The summed E-state index contributed by atoms with van der Waals surface area (Å²) in [5.41, 5.74) is 1.65. The van der Waals surface area contributed by atoms with E-state index in [1.807, 2.05) is 24.3 Å². The maximum atomic E-state index is 11.0. The molecule has 19 heavy (non-hydrogen) atoms. The molecule has 5 heteroatoms. The number of carbonyl (C=O) groups is 1. The van der Waals surface area contributed by atoms with E-state index in [9.17, 15) is 4.79 Å². The Balaban J connectivity index is 1.96. The summed E-state index contributed by atoms with van der Waals surface area (Å²) in [4.78, 5) is 14.8. The first-order chi connectivity index (χ1) is 9.16. The molecular formula is C14H12BrNO3. The first kappa shape index (κ1) is 13.7. The SMILES string of the molecule is O=C(O)c1ncccc1COCc1ccc(Br)cc1. The monoisotopic (exact) mass is 321 g/mol. The summed E-state index contributed by atoms with van der Waals surface area (Å²) >= 11 is 3.36. The van der Waals surface area contributed by atoms with Crippen LogP contribution in [-0.2, 0) is 18.0 Å². The fourth-order valence-electron chi connectivity index (χ4n) is 1.61. The zero-order chi connectivity index (χ0) is 13.7. The number of carboxylic acids is 1. The van der Waals surface area contributed by atoms with Crippen LogP contribution >= 0.6 is 15.9 Å². The molecule has 0 spiro atoms. The lowest BCUT2D eigenvalue weighted by atomic mass is 10.2. The fourth-order valence-corrected chi connectivity index (χ4v) is 1.87. The largest absolute Gasteiger partial charge is 0.477 e. The highest BCUT2D eigenvalue weighted by Crippen LogP contribution is 2.13. The van der Waals surface area contributed by atoms with Crippen LogP contribution in [0.2, 0.25) is 0 Å². The van der Waals surface area contributed by atoms with Crippen molar-refractivity contribution in [2.75, 3.05) is 0 Å². The maximum Gasteiger partial charge on any atom is 0.354 e. The third-order valence-corrected chi connectivity index (χ3v) is 3.06. The Bertz CT molecular complexity index is 569. The van der Waals surface area contributed by atoms with E-state index >= 15 is 0 Å². The van der Waals surface area contributed by atoms with Gasteiger partial charge in [-0.05, 0) is 23.8 Å². The molecular weight excluding hydrogens is 310 g/mol. The van der Waals surface area contributed by atoms with Crippen molar-refractivity contribution in [1.29, 1.82) is 0 Å². The van der Waals surface area contributed by atoms with E-state index in [0.717, 1.165) is 10.0 Å². The molecule has 4 nitrogen and oxygen atoms in total. The van der Waals surface area contributed by atoms with E-state index < -0.39 is 5.97 Å². The standard InChI is InChI=1S/C14H12BrNO3/c15-12-5-3-10(4-6-12)8-19-9-11-2-1-7-16-13(11)14(17)18/h1-7H,8-9H2,(H,17,18). The average molecular weight is 322 g/mol. The van der Waals surface area contributed by atoms with Crippen LogP contribution in [0.3, 0.4) is 0 Å².